The van der Waals surface area contributed by atoms with Crippen LogP contribution >= 0.6 is 11.6 Å². The van der Waals surface area contributed by atoms with E-state index in [0.717, 1.165) is 16.3 Å². The zero-order valence-electron chi connectivity index (χ0n) is 12.1. The molecule has 1 N–H and O–H groups in total. The average molecular weight is 290 g/mol. The molecule has 0 radical (unpaired) electrons. The highest BCUT2D eigenvalue weighted by molar-refractivity contribution is 6.30. The van der Waals surface area contributed by atoms with Crippen molar-refractivity contribution in [2.75, 3.05) is 7.05 Å². The van der Waals surface area contributed by atoms with E-state index in [2.05, 4.69) is 37.4 Å². The Balaban J connectivity index is 2.18. The molecule has 0 spiro atoms. The minimum absolute atomic E-state index is 0.255. The highest BCUT2D eigenvalue weighted by atomic mass is 35.5. The molecule has 2 nitrogen and oxygen atoms in total. The lowest BCUT2D eigenvalue weighted by atomic mass is 10.1. The van der Waals surface area contributed by atoms with Gasteiger partial charge in [0.2, 0.25) is 0 Å². The van der Waals surface area contributed by atoms with Gasteiger partial charge in [-0.25, -0.2) is 0 Å². The van der Waals surface area contributed by atoms with Crippen LogP contribution in [0.4, 0.5) is 0 Å². The third kappa shape index (κ3) is 3.75. The van der Waals surface area contributed by atoms with Gasteiger partial charge in [-0.3, -0.25) is 0 Å². The fourth-order valence-corrected chi connectivity index (χ4v) is 2.28. The standard InChI is InChI=1S/C17H20ClNO/c1-12-7-8-16(13(2)19-3)17(9-12)20-11-14-5-4-6-15(18)10-14/h4-10,13,19H,11H2,1-3H3. The van der Waals surface area contributed by atoms with E-state index in [4.69, 9.17) is 16.3 Å². The molecule has 0 amide bonds. The fourth-order valence-electron chi connectivity index (χ4n) is 2.07. The van der Waals surface area contributed by atoms with Crippen molar-refractivity contribution in [2.45, 2.75) is 26.5 Å². The van der Waals surface area contributed by atoms with Gasteiger partial charge in [0.05, 0.1) is 0 Å². The Morgan fingerprint density at radius 3 is 2.70 bits per heavy atom. The predicted octanol–water partition coefficient (Wildman–Crippen LogP) is 4.51. The van der Waals surface area contributed by atoms with Gasteiger partial charge in [0.15, 0.2) is 0 Å². The maximum absolute atomic E-state index is 5.99. The van der Waals surface area contributed by atoms with Crippen molar-refractivity contribution in [1.29, 1.82) is 0 Å². The average Bonchev–Trinajstić information content (AvgIpc) is 2.44. The van der Waals surface area contributed by atoms with Gasteiger partial charge in [-0.2, -0.15) is 0 Å². The number of ether oxygens (including phenoxy) is 1. The molecular weight excluding hydrogens is 270 g/mol. The van der Waals surface area contributed by atoms with E-state index in [-0.39, 0.29) is 6.04 Å². The number of hydrogen-bond acceptors (Lipinski definition) is 2. The highest BCUT2D eigenvalue weighted by Gasteiger charge is 2.10. The topological polar surface area (TPSA) is 21.3 Å². The molecule has 20 heavy (non-hydrogen) atoms. The van der Waals surface area contributed by atoms with E-state index < -0.39 is 0 Å². The van der Waals surface area contributed by atoms with Gasteiger partial charge in [0.1, 0.15) is 12.4 Å². The van der Waals surface area contributed by atoms with Gasteiger partial charge < -0.3 is 10.1 Å². The van der Waals surface area contributed by atoms with Crippen molar-refractivity contribution in [1.82, 2.24) is 5.32 Å². The second-order valence-electron chi connectivity index (χ2n) is 4.97. The third-order valence-electron chi connectivity index (χ3n) is 3.35. The first kappa shape index (κ1) is 14.9. The minimum Gasteiger partial charge on any atom is -0.489 e. The molecule has 0 bridgehead atoms. The Bertz CT molecular complexity index is 583. The first-order valence-corrected chi connectivity index (χ1v) is 7.13. The normalized spacial score (nSPS) is 12.2. The molecule has 0 aromatic heterocycles. The molecule has 0 aliphatic carbocycles. The molecule has 0 aliphatic heterocycles. The Hall–Kier alpha value is -1.51. The zero-order chi connectivity index (χ0) is 14.5. The number of halogens is 1. The highest BCUT2D eigenvalue weighted by Crippen LogP contribution is 2.27. The molecule has 1 unspecified atom stereocenters. The SMILES string of the molecule is CNC(C)c1ccc(C)cc1OCc1cccc(Cl)c1. The van der Waals surface area contributed by atoms with Crippen molar-refractivity contribution in [3.63, 3.8) is 0 Å². The van der Waals surface area contributed by atoms with Crippen LogP contribution in [-0.4, -0.2) is 7.05 Å². The molecule has 0 fully saturated rings. The van der Waals surface area contributed by atoms with Crippen LogP contribution in [0.1, 0.15) is 29.7 Å². The van der Waals surface area contributed by atoms with Gasteiger partial charge in [-0.15, -0.1) is 0 Å². The summed E-state index contributed by atoms with van der Waals surface area (Å²) in [6.45, 7) is 4.71. The second-order valence-corrected chi connectivity index (χ2v) is 5.41. The van der Waals surface area contributed by atoms with Crippen molar-refractivity contribution in [2.24, 2.45) is 0 Å². The van der Waals surface area contributed by atoms with Crippen LogP contribution in [0.5, 0.6) is 5.75 Å². The number of benzene rings is 2. The maximum Gasteiger partial charge on any atom is 0.124 e. The number of nitrogens with one attached hydrogen (secondary N) is 1. The van der Waals surface area contributed by atoms with Crippen molar-refractivity contribution in [3.05, 3.63) is 64.2 Å². The summed E-state index contributed by atoms with van der Waals surface area (Å²) in [7, 11) is 1.95. The molecule has 2 aromatic carbocycles. The lowest BCUT2D eigenvalue weighted by molar-refractivity contribution is 0.300. The summed E-state index contributed by atoms with van der Waals surface area (Å²) in [6, 6.07) is 14.3. The minimum atomic E-state index is 0.255. The molecule has 1 atom stereocenters. The zero-order valence-corrected chi connectivity index (χ0v) is 12.9. The monoisotopic (exact) mass is 289 g/mol. The summed E-state index contributed by atoms with van der Waals surface area (Å²) >= 11 is 5.99. The van der Waals surface area contributed by atoms with Gasteiger partial charge in [0.25, 0.3) is 0 Å². The third-order valence-corrected chi connectivity index (χ3v) is 3.59. The number of aryl methyl sites for hydroxylation is 1. The Kier molecular flexibility index (Phi) is 5.05. The first-order valence-electron chi connectivity index (χ1n) is 6.75. The summed E-state index contributed by atoms with van der Waals surface area (Å²) in [5.41, 5.74) is 3.43. The first-order chi connectivity index (χ1) is 9.60. The van der Waals surface area contributed by atoms with Gasteiger partial charge in [0, 0.05) is 16.6 Å². The van der Waals surface area contributed by atoms with Crippen LogP contribution in [-0.2, 0) is 6.61 Å². The van der Waals surface area contributed by atoms with E-state index in [0.29, 0.717) is 6.61 Å². The van der Waals surface area contributed by atoms with Crippen molar-refractivity contribution < 1.29 is 4.74 Å². The van der Waals surface area contributed by atoms with E-state index >= 15 is 0 Å². The maximum atomic E-state index is 5.99. The lowest BCUT2D eigenvalue weighted by Crippen LogP contribution is -2.13. The summed E-state index contributed by atoms with van der Waals surface area (Å²) in [6.07, 6.45) is 0. The van der Waals surface area contributed by atoms with Gasteiger partial charge in [-0.05, 0) is 50.2 Å². The Morgan fingerprint density at radius 1 is 1.20 bits per heavy atom. The Morgan fingerprint density at radius 2 is 2.00 bits per heavy atom. The van der Waals surface area contributed by atoms with Crippen molar-refractivity contribution >= 4 is 11.6 Å². The fraction of sp³-hybridized carbons (Fsp3) is 0.294. The molecule has 0 heterocycles. The molecule has 0 saturated carbocycles. The largest absolute Gasteiger partial charge is 0.489 e. The number of hydrogen-bond donors (Lipinski definition) is 1. The molecule has 0 saturated heterocycles. The molecule has 106 valence electrons. The molecular formula is C17H20ClNO. The Labute approximate surface area is 125 Å². The van der Waals surface area contributed by atoms with Crippen LogP contribution in [0.3, 0.4) is 0 Å². The van der Waals surface area contributed by atoms with Gasteiger partial charge in [-0.1, -0.05) is 35.9 Å². The molecule has 0 aliphatic rings. The number of rotatable bonds is 5. The van der Waals surface area contributed by atoms with Crippen LogP contribution in [0.15, 0.2) is 42.5 Å². The van der Waals surface area contributed by atoms with Crippen LogP contribution in [0, 0.1) is 6.92 Å². The predicted molar refractivity (Wildman–Crippen MR) is 84.4 cm³/mol. The molecule has 3 heteroatoms. The van der Waals surface area contributed by atoms with Crippen LogP contribution in [0.2, 0.25) is 5.02 Å². The summed E-state index contributed by atoms with van der Waals surface area (Å²) in [5.74, 6) is 0.923. The van der Waals surface area contributed by atoms with Gasteiger partial charge >= 0.3 is 0 Å². The summed E-state index contributed by atoms with van der Waals surface area (Å²) in [4.78, 5) is 0. The summed E-state index contributed by atoms with van der Waals surface area (Å²) in [5, 5.41) is 3.98. The van der Waals surface area contributed by atoms with Crippen molar-refractivity contribution in [3.8, 4) is 5.75 Å². The molecule has 2 rings (SSSR count). The second kappa shape index (κ2) is 6.78. The quantitative estimate of drug-likeness (QED) is 0.874. The smallest absolute Gasteiger partial charge is 0.124 e. The van der Waals surface area contributed by atoms with E-state index in [1.165, 1.54) is 11.1 Å². The van der Waals surface area contributed by atoms with Crippen LogP contribution in [0.25, 0.3) is 0 Å². The van der Waals surface area contributed by atoms with E-state index in [1.807, 2.05) is 31.3 Å². The lowest BCUT2D eigenvalue weighted by Gasteiger charge is -2.17. The van der Waals surface area contributed by atoms with E-state index in [9.17, 15) is 0 Å². The van der Waals surface area contributed by atoms with Crippen LogP contribution < -0.4 is 10.1 Å². The van der Waals surface area contributed by atoms with E-state index in [1.54, 1.807) is 0 Å². The molecule has 2 aromatic rings. The summed E-state index contributed by atoms with van der Waals surface area (Å²) < 4.78 is 5.98.